The molecule has 6 rings (SSSR count). The average Bonchev–Trinajstić information content (AvgIpc) is 3.56. The molecule has 234 valence electrons. The number of nitrogens with two attached hydrogens (primary N) is 1. The number of aromatic nitrogens is 4. The molecule has 0 unspecified atom stereocenters. The van der Waals surface area contributed by atoms with Gasteiger partial charge < -0.3 is 15.5 Å². The first-order chi connectivity index (χ1) is 21.8. The van der Waals surface area contributed by atoms with Gasteiger partial charge >= 0.3 is 0 Å². The molecule has 0 atom stereocenters. The second-order valence-electron chi connectivity index (χ2n) is 9.93. The topological polar surface area (TPSA) is 145 Å². The van der Waals surface area contributed by atoms with Crippen LogP contribution in [0.15, 0.2) is 78.0 Å². The molecule has 16 heteroatoms. The van der Waals surface area contributed by atoms with Gasteiger partial charge in [-0.2, -0.15) is 5.10 Å². The lowest BCUT2D eigenvalue weighted by molar-refractivity contribution is 0.103. The Balaban J connectivity index is 1.26. The predicted molar refractivity (Wildman–Crippen MR) is 156 cm³/mol. The number of para-hydroxylation sites is 1. The second kappa shape index (κ2) is 11.3. The normalized spacial score (nSPS) is 11.6. The lowest BCUT2D eigenvalue weighted by Gasteiger charge is -2.11. The van der Waals surface area contributed by atoms with E-state index in [1.165, 1.54) is 47.4 Å². The molecule has 0 saturated carbocycles. The molecule has 0 spiro atoms. The highest BCUT2D eigenvalue weighted by atomic mass is 32.2. The zero-order chi connectivity index (χ0) is 32.9. The van der Waals surface area contributed by atoms with Gasteiger partial charge in [-0.25, -0.2) is 40.0 Å². The number of nitrogens with zero attached hydrogens (tertiary/aromatic N) is 3. The predicted octanol–water partition coefficient (Wildman–Crippen LogP) is 6.16. The number of aryl methyl sites for hydroxylation is 1. The number of nitrogens with one attached hydrogen (secondary N) is 2. The summed E-state index contributed by atoms with van der Waals surface area (Å²) < 4.78 is 104. The van der Waals surface area contributed by atoms with Crippen LogP contribution in [-0.4, -0.2) is 33.9 Å². The Labute approximate surface area is 256 Å². The molecule has 0 radical (unpaired) electrons. The van der Waals surface area contributed by atoms with E-state index < -0.39 is 55.5 Å². The van der Waals surface area contributed by atoms with E-state index in [1.807, 2.05) is 0 Å². The minimum atomic E-state index is -5.03. The van der Waals surface area contributed by atoms with Crippen molar-refractivity contribution < 1.29 is 39.9 Å². The molecule has 46 heavy (non-hydrogen) atoms. The molecular weight excluding hydrogens is 635 g/mol. The number of nitrogen functional groups attached to an aromatic ring is 1. The smallest absolute Gasteiger partial charge is 0.267 e. The molecule has 3 aromatic carbocycles. The van der Waals surface area contributed by atoms with Gasteiger partial charge in [-0.15, -0.1) is 0 Å². The molecule has 0 amide bonds. The van der Waals surface area contributed by atoms with E-state index in [0.717, 1.165) is 12.1 Å². The molecule has 0 aliphatic heterocycles. The van der Waals surface area contributed by atoms with E-state index in [-0.39, 0.29) is 51.7 Å². The standard InChI is InChI=1S/C30H19F5N6O4S/c1-14-6-27(45-26-5-3-2-4-18(26)32)37-13-25(14)41-30(36)17(12-38-41)28(42)24-8-15-7-19(33)23(11-22(15)39-24)40-46(43,44)29-20(34)9-16(31)10-21(29)35/h2-13,39-40H,36H2,1H3. The van der Waals surface area contributed by atoms with Gasteiger partial charge in [0.05, 0.1) is 35.0 Å². The fraction of sp³-hybridized carbons (Fsp3) is 0.0333. The number of hydrogen-bond acceptors (Lipinski definition) is 7. The Bertz CT molecular complexity index is 2280. The van der Waals surface area contributed by atoms with E-state index in [9.17, 15) is 35.2 Å². The maximum Gasteiger partial charge on any atom is 0.267 e. The van der Waals surface area contributed by atoms with Gasteiger partial charge in [0.2, 0.25) is 11.7 Å². The number of H-pyrrole nitrogens is 1. The van der Waals surface area contributed by atoms with Gasteiger partial charge in [-0.05, 0) is 42.8 Å². The highest BCUT2D eigenvalue weighted by Crippen LogP contribution is 2.30. The molecule has 0 aliphatic carbocycles. The fourth-order valence-corrected chi connectivity index (χ4v) is 5.82. The number of hydrogen-bond donors (Lipinski definition) is 3. The number of ketones is 1. The lowest BCUT2D eigenvalue weighted by Crippen LogP contribution is -2.17. The van der Waals surface area contributed by atoms with E-state index in [2.05, 4.69) is 15.1 Å². The van der Waals surface area contributed by atoms with Crippen LogP contribution in [0.5, 0.6) is 11.6 Å². The summed E-state index contributed by atoms with van der Waals surface area (Å²) in [5, 5.41) is 4.34. The lowest BCUT2D eigenvalue weighted by atomic mass is 10.1. The SMILES string of the molecule is Cc1cc(Oc2ccccc2F)ncc1-n1ncc(C(=O)c2cc3cc(F)c(NS(=O)(=O)c4c(F)cc(F)cc4F)cc3[nH]2)c1N. The number of aromatic amines is 1. The van der Waals surface area contributed by atoms with Crippen molar-refractivity contribution in [3.05, 3.63) is 119 Å². The summed E-state index contributed by atoms with van der Waals surface area (Å²) in [5.41, 5.74) is 6.50. The number of fused-ring (bicyclic) bond motifs is 1. The van der Waals surface area contributed by atoms with Crippen molar-refractivity contribution in [3.63, 3.8) is 0 Å². The quantitative estimate of drug-likeness (QED) is 0.132. The van der Waals surface area contributed by atoms with Gasteiger partial charge in [0.25, 0.3) is 10.0 Å². The minimum absolute atomic E-state index is 0.0212. The van der Waals surface area contributed by atoms with Crippen molar-refractivity contribution in [3.8, 4) is 17.3 Å². The molecule has 10 nitrogen and oxygen atoms in total. The molecule has 0 fully saturated rings. The molecule has 3 aromatic heterocycles. The highest BCUT2D eigenvalue weighted by Gasteiger charge is 2.27. The molecule has 4 N–H and O–H groups in total. The third kappa shape index (κ3) is 5.49. The van der Waals surface area contributed by atoms with Crippen LogP contribution < -0.4 is 15.2 Å². The van der Waals surface area contributed by atoms with E-state index in [1.54, 1.807) is 17.7 Å². The van der Waals surface area contributed by atoms with Gasteiger partial charge in [0.1, 0.15) is 29.1 Å². The maximum atomic E-state index is 14.9. The average molecular weight is 655 g/mol. The monoisotopic (exact) mass is 654 g/mol. The van der Waals surface area contributed by atoms with E-state index >= 15 is 0 Å². The van der Waals surface area contributed by atoms with Crippen molar-refractivity contribution >= 4 is 38.2 Å². The first-order valence-corrected chi connectivity index (χ1v) is 14.6. The third-order valence-electron chi connectivity index (χ3n) is 6.82. The summed E-state index contributed by atoms with van der Waals surface area (Å²) in [4.78, 5) is 18.8. The Kier molecular flexibility index (Phi) is 7.43. The van der Waals surface area contributed by atoms with Gasteiger partial charge in [0, 0.05) is 29.1 Å². The number of pyridine rings is 1. The maximum absolute atomic E-state index is 14.9. The first-order valence-electron chi connectivity index (χ1n) is 13.1. The van der Waals surface area contributed by atoms with Crippen LogP contribution in [0.25, 0.3) is 16.6 Å². The van der Waals surface area contributed by atoms with Crippen LogP contribution in [-0.2, 0) is 10.0 Å². The van der Waals surface area contributed by atoms with Crippen LogP contribution in [0, 0.1) is 36.0 Å². The number of anilines is 2. The van der Waals surface area contributed by atoms with Crippen molar-refractivity contribution in [1.82, 2.24) is 19.7 Å². The molecule has 0 aliphatic rings. The highest BCUT2D eigenvalue weighted by molar-refractivity contribution is 7.92. The van der Waals surface area contributed by atoms with Crippen LogP contribution >= 0.6 is 0 Å². The zero-order valence-electron chi connectivity index (χ0n) is 23.3. The number of carbonyl (C=O) groups excluding carboxylic acids is 1. The van der Waals surface area contributed by atoms with Crippen LogP contribution in [0.3, 0.4) is 0 Å². The number of benzene rings is 3. The summed E-state index contributed by atoms with van der Waals surface area (Å²) in [6, 6.07) is 10.8. The Hall–Kier alpha value is -5.77. The number of sulfonamides is 1. The second-order valence-corrected chi connectivity index (χ2v) is 11.6. The zero-order valence-corrected chi connectivity index (χ0v) is 24.1. The van der Waals surface area contributed by atoms with Gasteiger partial charge in [-0.1, -0.05) is 12.1 Å². The molecule has 3 heterocycles. The van der Waals surface area contributed by atoms with Crippen molar-refractivity contribution in [2.45, 2.75) is 11.8 Å². The Morgan fingerprint density at radius 3 is 2.35 bits per heavy atom. The fourth-order valence-electron chi connectivity index (χ4n) is 4.65. The summed E-state index contributed by atoms with van der Waals surface area (Å²) in [6.45, 7) is 1.70. The molecular formula is C30H19F5N6O4S. The molecule has 6 aromatic rings. The first kappa shape index (κ1) is 30.3. The number of ether oxygens (including phenoxy) is 1. The summed E-state index contributed by atoms with van der Waals surface area (Å²) in [6.07, 6.45) is 2.58. The number of halogens is 5. The summed E-state index contributed by atoms with van der Waals surface area (Å²) >= 11 is 0. The third-order valence-corrected chi connectivity index (χ3v) is 8.23. The van der Waals surface area contributed by atoms with Gasteiger partial charge in [-0.3, -0.25) is 9.52 Å². The Morgan fingerprint density at radius 1 is 0.935 bits per heavy atom. The molecule has 0 saturated heterocycles. The largest absolute Gasteiger partial charge is 0.436 e. The van der Waals surface area contributed by atoms with Crippen molar-refractivity contribution in [1.29, 1.82) is 0 Å². The van der Waals surface area contributed by atoms with Crippen molar-refractivity contribution in [2.75, 3.05) is 10.5 Å². The van der Waals surface area contributed by atoms with Crippen LogP contribution in [0.4, 0.5) is 33.5 Å². The van der Waals surface area contributed by atoms with Crippen LogP contribution in [0.2, 0.25) is 0 Å². The van der Waals surface area contributed by atoms with Gasteiger partial charge in [0.15, 0.2) is 16.5 Å². The minimum Gasteiger partial charge on any atom is -0.436 e. The van der Waals surface area contributed by atoms with Crippen molar-refractivity contribution in [2.24, 2.45) is 0 Å². The number of rotatable bonds is 8. The Morgan fingerprint density at radius 2 is 1.65 bits per heavy atom. The number of carbonyl (C=O) groups is 1. The van der Waals surface area contributed by atoms with Crippen LogP contribution in [0.1, 0.15) is 21.6 Å². The molecule has 0 bridgehead atoms. The van der Waals surface area contributed by atoms with E-state index in [0.29, 0.717) is 11.3 Å². The van der Waals surface area contributed by atoms with E-state index in [4.69, 9.17) is 10.5 Å². The summed E-state index contributed by atoms with van der Waals surface area (Å²) in [7, 11) is -5.03. The summed E-state index contributed by atoms with van der Waals surface area (Å²) in [5.74, 6) is -7.10.